The van der Waals surface area contributed by atoms with Crippen molar-refractivity contribution in [2.75, 3.05) is 0 Å². The van der Waals surface area contributed by atoms with E-state index in [4.69, 9.17) is 16.0 Å². The predicted octanol–water partition coefficient (Wildman–Crippen LogP) is 3.69. The number of rotatable bonds is 3. The van der Waals surface area contributed by atoms with E-state index < -0.39 is 5.63 Å². The summed E-state index contributed by atoms with van der Waals surface area (Å²) >= 11 is 7.32. The van der Waals surface area contributed by atoms with Gasteiger partial charge in [-0.25, -0.2) is 9.78 Å². The normalized spacial score (nSPS) is 11.3. The van der Waals surface area contributed by atoms with E-state index in [0.29, 0.717) is 32.8 Å². The van der Waals surface area contributed by atoms with E-state index >= 15 is 0 Å². The minimum Gasteiger partial charge on any atom is -0.506 e. The molecule has 6 nitrogen and oxygen atoms in total. The van der Waals surface area contributed by atoms with E-state index in [2.05, 4.69) is 4.98 Å². The molecule has 0 fully saturated rings. The maximum absolute atomic E-state index is 12.5. The van der Waals surface area contributed by atoms with Crippen LogP contribution >= 0.6 is 23.4 Å². The molecule has 0 aliphatic heterocycles. The van der Waals surface area contributed by atoms with Gasteiger partial charge in [0.15, 0.2) is 5.16 Å². The molecular formula is C19H13ClN2O4S. The quantitative estimate of drug-likeness (QED) is 0.320. The molecule has 0 saturated heterocycles. The van der Waals surface area contributed by atoms with Gasteiger partial charge in [-0.05, 0) is 23.8 Å². The van der Waals surface area contributed by atoms with Crippen LogP contribution in [0.5, 0.6) is 5.75 Å². The summed E-state index contributed by atoms with van der Waals surface area (Å²) in [6.07, 6.45) is 0. The molecule has 27 heavy (non-hydrogen) atoms. The number of aromatic nitrogens is 2. The summed E-state index contributed by atoms with van der Waals surface area (Å²) in [4.78, 5) is 28.9. The van der Waals surface area contributed by atoms with Crippen LogP contribution in [0.25, 0.3) is 21.9 Å². The van der Waals surface area contributed by atoms with Crippen molar-refractivity contribution in [3.63, 3.8) is 0 Å². The lowest BCUT2D eigenvalue weighted by Gasteiger charge is -2.10. The smallest absolute Gasteiger partial charge is 0.336 e. The van der Waals surface area contributed by atoms with Crippen LogP contribution < -0.4 is 11.2 Å². The number of thioether (sulfide) groups is 1. The van der Waals surface area contributed by atoms with Crippen LogP contribution in [0, 0.1) is 0 Å². The Morgan fingerprint density at radius 1 is 1.19 bits per heavy atom. The molecular weight excluding hydrogens is 388 g/mol. The van der Waals surface area contributed by atoms with Gasteiger partial charge >= 0.3 is 5.63 Å². The Morgan fingerprint density at radius 3 is 2.78 bits per heavy atom. The number of phenolic OH excluding ortho intramolecular Hbond substituents is 1. The standard InChI is InChI=1S/C19H13ClN2O4S/c1-22-18(25)11-4-2-3-5-14(11)21-19(22)27-9-10-6-17(24)26-16-8-15(23)13(20)7-12(10)16/h2-8,23H,9H2,1H3. The van der Waals surface area contributed by atoms with Gasteiger partial charge in [0.05, 0.1) is 15.9 Å². The highest BCUT2D eigenvalue weighted by Crippen LogP contribution is 2.32. The van der Waals surface area contributed by atoms with E-state index in [1.807, 2.05) is 6.07 Å². The van der Waals surface area contributed by atoms with Crippen LogP contribution in [0.2, 0.25) is 5.02 Å². The lowest BCUT2D eigenvalue weighted by molar-refractivity contribution is 0.473. The van der Waals surface area contributed by atoms with Crippen LogP contribution in [-0.2, 0) is 12.8 Å². The summed E-state index contributed by atoms with van der Waals surface area (Å²) in [5.74, 6) is 0.220. The van der Waals surface area contributed by atoms with Crippen molar-refractivity contribution >= 4 is 45.2 Å². The molecule has 1 N–H and O–H groups in total. The fourth-order valence-electron chi connectivity index (χ4n) is 2.82. The van der Waals surface area contributed by atoms with Crippen LogP contribution in [0.1, 0.15) is 5.56 Å². The number of nitrogens with zero attached hydrogens (tertiary/aromatic N) is 2. The zero-order chi connectivity index (χ0) is 19.1. The maximum Gasteiger partial charge on any atom is 0.336 e. The first-order valence-corrected chi connectivity index (χ1v) is 9.34. The van der Waals surface area contributed by atoms with Gasteiger partial charge in [-0.1, -0.05) is 35.5 Å². The molecule has 0 radical (unpaired) electrons. The lowest BCUT2D eigenvalue weighted by atomic mass is 10.1. The van der Waals surface area contributed by atoms with Crippen molar-refractivity contribution in [3.05, 3.63) is 73.8 Å². The minimum absolute atomic E-state index is 0.131. The van der Waals surface area contributed by atoms with Gasteiger partial charge in [-0.2, -0.15) is 0 Å². The third-order valence-electron chi connectivity index (χ3n) is 4.20. The Balaban J connectivity index is 1.77. The fourth-order valence-corrected chi connectivity index (χ4v) is 3.95. The fraction of sp³-hybridized carbons (Fsp3) is 0.105. The van der Waals surface area contributed by atoms with Crippen LogP contribution in [0.15, 0.2) is 61.6 Å². The van der Waals surface area contributed by atoms with Crippen LogP contribution in [0.4, 0.5) is 0 Å². The molecule has 0 unspecified atom stereocenters. The van der Waals surface area contributed by atoms with E-state index in [1.54, 1.807) is 31.3 Å². The molecule has 4 aromatic rings. The van der Waals surface area contributed by atoms with Crippen molar-refractivity contribution in [1.29, 1.82) is 0 Å². The average molecular weight is 401 g/mol. The molecule has 2 heterocycles. The van der Waals surface area contributed by atoms with E-state index in [9.17, 15) is 14.7 Å². The van der Waals surface area contributed by atoms with Gasteiger partial charge < -0.3 is 9.52 Å². The van der Waals surface area contributed by atoms with Crippen molar-refractivity contribution in [1.82, 2.24) is 9.55 Å². The number of halogens is 1. The SMILES string of the molecule is Cn1c(SCc2cc(=O)oc3cc(O)c(Cl)cc23)nc2ccccc2c1=O. The summed E-state index contributed by atoms with van der Waals surface area (Å²) in [6, 6.07) is 11.4. The highest BCUT2D eigenvalue weighted by molar-refractivity contribution is 7.98. The lowest BCUT2D eigenvalue weighted by Crippen LogP contribution is -2.19. The van der Waals surface area contributed by atoms with Gasteiger partial charge in [0, 0.05) is 30.3 Å². The zero-order valence-corrected chi connectivity index (χ0v) is 15.7. The van der Waals surface area contributed by atoms with Crippen LogP contribution in [0.3, 0.4) is 0 Å². The first kappa shape index (κ1) is 17.6. The second-order valence-electron chi connectivity index (χ2n) is 5.95. The molecule has 0 spiro atoms. The monoisotopic (exact) mass is 400 g/mol. The van der Waals surface area contributed by atoms with Gasteiger partial charge in [0.25, 0.3) is 5.56 Å². The Morgan fingerprint density at radius 2 is 1.96 bits per heavy atom. The molecule has 2 aromatic carbocycles. The number of aromatic hydroxyl groups is 1. The van der Waals surface area contributed by atoms with Gasteiger partial charge in [-0.15, -0.1) is 0 Å². The largest absolute Gasteiger partial charge is 0.506 e. The Bertz CT molecular complexity index is 1310. The molecule has 0 aliphatic rings. The molecule has 2 aromatic heterocycles. The molecule has 4 rings (SSSR count). The van der Waals surface area contributed by atoms with Crippen molar-refractivity contribution < 1.29 is 9.52 Å². The molecule has 8 heteroatoms. The van der Waals surface area contributed by atoms with Gasteiger partial charge in [-0.3, -0.25) is 9.36 Å². The third kappa shape index (κ3) is 3.20. The highest BCUT2D eigenvalue weighted by Gasteiger charge is 2.13. The second kappa shape index (κ2) is 6.75. The van der Waals surface area contributed by atoms with E-state index in [0.717, 1.165) is 0 Å². The molecule has 0 saturated carbocycles. The van der Waals surface area contributed by atoms with Gasteiger partial charge in [0.2, 0.25) is 0 Å². The molecule has 136 valence electrons. The summed E-state index contributed by atoms with van der Waals surface area (Å²) in [5.41, 5.74) is 0.887. The number of fused-ring (bicyclic) bond motifs is 2. The van der Waals surface area contributed by atoms with Gasteiger partial charge in [0.1, 0.15) is 11.3 Å². The third-order valence-corrected chi connectivity index (χ3v) is 5.58. The first-order chi connectivity index (χ1) is 12.9. The molecule has 0 amide bonds. The van der Waals surface area contributed by atoms with E-state index in [-0.39, 0.29) is 21.9 Å². The summed E-state index contributed by atoms with van der Waals surface area (Å²) < 4.78 is 6.62. The Labute approximate surface area is 162 Å². The topological polar surface area (TPSA) is 85.3 Å². The van der Waals surface area contributed by atoms with Crippen molar-refractivity contribution in [3.8, 4) is 5.75 Å². The second-order valence-corrected chi connectivity index (χ2v) is 7.30. The number of phenols is 1. The van der Waals surface area contributed by atoms with E-state index in [1.165, 1.54) is 28.5 Å². The number of hydrogen-bond acceptors (Lipinski definition) is 6. The Hall–Kier alpha value is -2.77. The highest BCUT2D eigenvalue weighted by atomic mass is 35.5. The summed E-state index contributed by atoms with van der Waals surface area (Å²) in [7, 11) is 1.66. The zero-order valence-electron chi connectivity index (χ0n) is 14.1. The summed E-state index contributed by atoms with van der Waals surface area (Å²) in [6.45, 7) is 0. The predicted molar refractivity (Wildman–Crippen MR) is 106 cm³/mol. The number of para-hydroxylation sites is 1. The van der Waals surface area contributed by atoms with Crippen molar-refractivity contribution in [2.45, 2.75) is 10.9 Å². The minimum atomic E-state index is -0.528. The Kier molecular flexibility index (Phi) is 4.41. The molecule has 0 aliphatic carbocycles. The average Bonchev–Trinajstić information content (AvgIpc) is 2.65. The van der Waals surface area contributed by atoms with Crippen LogP contribution in [-0.4, -0.2) is 14.7 Å². The van der Waals surface area contributed by atoms with Crippen molar-refractivity contribution in [2.24, 2.45) is 7.05 Å². The maximum atomic E-state index is 12.5. The number of hydrogen-bond donors (Lipinski definition) is 1. The molecule has 0 bridgehead atoms. The number of benzene rings is 2. The first-order valence-electron chi connectivity index (χ1n) is 7.98. The molecule has 0 atom stereocenters. The summed E-state index contributed by atoms with van der Waals surface area (Å²) in [5, 5.41) is 11.6.